The molecule has 7 nitrogen and oxygen atoms in total. The number of para-hydroxylation sites is 2. The Bertz CT molecular complexity index is 1060. The van der Waals surface area contributed by atoms with Gasteiger partial charge in [0.05, 0.1) is 11.8 Å². The highest BCUT2D eigenvalue weighted by Crippen LogP contribution is 2.51. The third-order valence-corrected chi connectivity index (χ3v) is 7.36. The smallest absolute Gasteiger partial charge is 0.313 e. The molecule has 6 atom stereocenters. The first-order valence-corrected chi connectivity index (χ1v) is 11.4. The minimum Gasteiger partial charge on any atom is -0.462 e. The minimum atomic E-state index is -0.672. The van der Waals surface area contributed by atoms with E-state index in [1.165, 1.54) is 0 Å². The first kappa shape index (κ1) is 21.4. The van der Waals surface area contributed by atoms with Crippen molar-refractivity contribution in [3.05, 3.63) is 82.4 Å². The van der Waals surface area contributed by atoms with Crippen LogP contribution < -0.4 is 4.90 Å². The summed E-state index contributed by atoms with van der Waals surface area (Å²) in [6.45, 7) is 1.85. The molecule has 1 saturated carbocycles. The van der Waals surface area contributed by atoms with Crippen molar-refractivity contribution in [2.45, 2.75) is 38.3 Å². The van der Waals surface area contributed by atoms with E-state index in [4.69, 9.17) is 4.74 Å². The number of esters is 1. The first-order chi connectivity index (χ1) is 16.0. The summed E-state index contributed by atoms with van der Waals surface area (Å²) in [5, 5.41) is 11.5. The Morgan fingerprint density at radius 3 is 2.21 bits per heavy atom. The molecule has 0 aromatic heterocycles. The van der Waals surface area contributed by atoms with Crippen LogP contribution in [0.15, 0.2) is 72.3 Å². The molecule has 0 radical (unpaired) electrons. The Hall–Kier alpha value is -3.48. The zero-order chi connectivity index (χ0) is 23.1. The molecule has 3 aliphatic rings. The van der Waals surface area contributed by atoms with Crippen molar-refractivity contribution < 1.29 is 19.2 Å². The number of rotatable bonds is 4. The maximum Gasteiger partial charge on any atom is 0.313 e. The quantitative estimate of drug-likeness (QED) is 0.298. The van der Waals surface area contributed by atoms with Crippen LogP contribution in [-0.2, 0) is 14.3 Å². The molecule has 1 amide bonds. The lowest BCUT2D eigenvalue weighted by molar-refractivity contribution is -0.524. The molecule has 170 valence electrons. The Kier molecular flexibility index (Phi) is 5.48. The normalized spacial score (nSPS) is 30.5. The topological polar surface area (TPSA) is 89.7 Å². The molecule has 2 fully saturated rings. The van der Waals surface area contributed by atoms with Gasteiger partial charge in [0.25, 0.3) is 0 Å². The zero-order valence-corrected chi connectivity index (χ0v) is 18.4. The number of nitrogens with zero attached hydrogens (tertiary/aromatic N) is 2. The van der Waals surface area contributed by atoms with Crippen molar-refractivity contribution in [1.29, 1.82) is 0 Å². The molecule has 0 unspecified atom stereocenters. The van der Waals surface area contributed by atoms with Crippen LogP contribution in [0.2, 0.25) is 0 Å². The van der Waals surface area contributed by atoms with Gasteiger partial charge in [-0.3, -0.25) is 24.6 Å². The van der Waals surface area contributed by atoms with E-state index in [0.29, 0.717) is 12.8 Å². The summed E-state index contributed by atoms with van der Waals surface area (Å²) in [7, 11) is 0. The van der Waals surface area contributed by atoms with Crippen molar-refractivity contribution in [2.75, 3.05) is 4.90 Å². The minimum absolute atomic E-state index is 0.0947. The van der Waals surface area contributed by atoms with Gasteiger partial charge in [-0.2, -0.15) is 0 Å². The van der Waals surface area contributed by atoms with E-state index in [1.54, 1.807) is 4.90 Å². The third kappa shape index (κ3) is 3.71. The predicted octanol–water partition coefficient (Wildman–Crippen LogP) is 4.53. The summed E-state index contributed by atoms with van der Waals surface area (Å²) in [5.41, 5.74) is 2.35. The largest absolute Gasteiger partial charge is 0.462 e. The Balaban J connectivity index is 1.59. The van der Waals surface area contributed by atoms with Gasteiger partial charge < -0.3 is 4.74 Å². The number of hydrogen-bond acceptors (Lipinski definition) is 5. The average molecular weight is 447 g/mol. The average Bonchev–Trinajstić information content (AvgIpc) is 3.11. The lowest BCUT2D eigenvalue weighted by atomic mass is 9.61. The molecule has 2 aromatic rings. The van der Waals surface area contributed by atoms with Crippen LogP contribution in [0.3, 0.4) is 0 Å². The van der Waals surface area contributed by atoms with E-state index in [2.05, 4.69) is 0 Å². The van der Waals surface area contributed by atoms with E-state index in [-0.39, 0.29) is 35.1 Å². The van der Waals surface area contributed by atoms with Crippen LogP contribution in [0, 0.1) is 33.8 Å². The van der Waals surface area contributed by atoms with Crippen molar-refractivity contribution in [3.8, 4) is 0 Å². The SMILES string of the molecule is C[C@@H]1OC(=O)[C@H]2C=C3C[C@@H]([N+](=O)[O-])CC[C@@H]3[C@H](C(=O)N(c3ccccc3)c3ccccc3)[C@@H]12. The Morgan fingerprint density at radius 1 is 1.03 bits per heavy atom. The van der Waals surface area contributed by atoms with Crippen LogP contribution in [0.5, 0.6) is 0 Å². The standard InChI is InChI=1S/C26H26N2O5/c1-16-23-22(26(30)33-16)15-17-14-20(28(31)32)12-13-21(17)24(23)25(29)27(18-8-4-2-5-9-18)19-10-6-3-7-11-19/h2-11,15-16,20-24H,12-14H2,1H3/t16-,20-,21-,22-,23-,24-/m0/s1. The fourth-order valence-corrected chi connectivity index (χ4v) is 5.89. The van der Waals surface area contributed by atoms with Gasteiger partial charge in [0.15, 0.2) is 0 Å². The van der Waals surface area contributed by atoms with E-state index in [9.17, 15) is 19.7 Å². The molecule has 0 spiro atoms. The molecule has 0 bridgehead atoms. The lowest BCUT2D eigenvalue weighted by Gasteiger charge is -2.43. The molecule has 2 aliphatic carbocycles. The fourth-order valence-electron chi connectivity index (χ4n) is 5.89. The number of ether oxygens (including phenoxy) is 1. The number of benzene rings is 2. The highest BCUT2D eigenvalue weighted by Gasteiger charge is 2.56. The van der Waals surface area contributed by atoms with Crippen LogP contribution >= 0.6 is 0 Å². The second kappa shape index (κ2) is 8.46. The van der Waals surface area contributed by atoms with Gasteiger partial charge in [-0.15, -0.1) is 0 Å². The number of hydrogen-bond donors (Lipinski definition) is 0. The molecule has 5 rings (SSSR count). The number of nitro groups is 1. The highest BCUT2D eigenvalue weighted by atomic mass is 16.6. The van der Waals surface area contributed by atoms with Crippen LogP contribution in [0.4, 0.5) is 11.4 Å². The number of carbonyl (C=O) groups excluding carboxylic acids is 2. The highest BCUT2D eigenvalue weighted by molar-refractivity contribution is 6.03. The molecule has 2 aromatic carbocycles. The maximum absolute atomic E-state index is 14.4. The van der Waals surface area contributed by atoms with Crippen molar-refractivity contribution in [1.82, 2.24) is 0 Å². The fraction of sp³-hybridized carbons (Fsp3) is 0.385. The van der Waals surface area contributed by atoms with Gasteiger partial charge in [-0.1, -0.05) is 48.0 Å². The number of cyclic esters (lactones) is 1. The van der Waals surface area contributed by atoms with Crippen molar-refractivity contribution in [3.63, 3.8) is 0 Å². The van der Waals surface area contributed by atoms with Gasteiger partial charge in [0.1, 0.15) is 6.10 Å². The molecule has 1 aliphatic heterocycles. The summed E-state index contributed by atoms with van der Waals surface area (Å²) in [6, 6.07) is 18.3. The molecular formula is C26H26N2O5. The van der Waals surface area contributed by atoms with Crippen LogP contribution in [0.1, 0.15) is 26.2 Å². The number of anilines is 2. The van der Waals surface area contributed by atoms with Crippen molar-refractivity contribution in [2.24, 2.45) is 23.7 Å². The molecular weight excluding hydrogens is 420 g/mol. The second-order valence-electron chi connectivity index (χ2n) is 9.18. The molecule has 7 heteroatoms. The Labute approximate surface area is 192 Å². The Morgan fingerprint density at radius 2 is 1.64 bits per heavy atom. The summed E-state index contributed by atoms with van der Waals surface area (Å²) in [4.78, 5) is 40.0. The molecule has 0 N–H and O–H groups in total. The number of amides is 1. The van der Waals surface area contributed by atoms with Gasteiger partial charge in [-0.25, -0.2) is 0 Å². The van der Waals surface area contributed by atoms with Gasteiger partial charge in [-0.05, 0) is 43.5 Å². The summed E-state index contributed by atoms with van der Waals surface area (Å²) in [6.07, 6.45) is 2.74. The van der Waals surface area contributed by atoms with E-state index >= 15 is 0 Å². The van der Waals surface area contributed by atoms with Crippen LogP contribution in [0.25, 0.3) is 0 Å². The van der Waals surface area contributed by atoms with Gasteiger partial charge >= 0.3 is 5.97 Å². The van der Waals surface area contributed by atoms with Crippen molar-refractivity contribution >= 4 is 23.3 Å². The molecule has 33 heavy (non-hydrogen) atoms. The monoisotopic (exact) mass is 446 g/mol. The van der Waals surface area contributed by atoms with Gasteiger partial charge in [0, 0.05) is 35.1 Å². The predicted molar refractivity (Wildman–Crippen MR) is 122 cm³/mol. The molecule has 1 heterocycles. The van der Waals surface area contributed by atoms with E-state index < -0.39 is 24.0 Å². The van der Waals surface area contributed by atoms with Gasteiger partial charge in [0.2, 0.25) is 11.9 Å². The lowest BCUT2D eigenvalue weighted by Crippen LogP contribution is -2.48. The van der Waals surface area contributed by atoms with Crippen LogP contribution in [-0.4, -0.2) is 28.9 Å². The van der Waals surface area contributed by atoms with E-state index in [0.717, 1.165) is 16.9 Å². The number of fused-ring (bicyclic) bond motifs is 2. The molecule has 1 saturated heterocycles. The summed E-state index contributed by atoms with van der Waals surface area (Å²) in [5.74, 6) is -1.90. The zero-order valence-electron chi connectivity index (χ0n) is 18.4. The summed E-state index contributed by atoms with van der Waals surface area (Å²) >= 11 is 0. The number of carbonyl (C=O) groups is 2. The summed E-state index contributed by atoms with van der Waals surface area (Å²) < 4.78 is 5.57. The first-order valence-electron chi connectivity index (χ1n) is 11.4. The third-order valence-electron chi connectivity index (χ3n) is 7.36. The second-order valence-corrected chi connectivity index (χ2v) is 9.18. The van der Waals surface area contributed by atoms with E-state index in [1.807, 2.05) is 73.7 Å². The maximum atomic E-state index is 14.4.